The van der Waals surface area contributed by atoms with Gasteiger partial charge in [-0.25, -0.2) is 13.1 Å². The smallest absolute Gasteiger partial charge is 0.209 e. The molecule has 0 spiro atoms. The fraction of sp³-hybridized carbons (Fsp3) is 0.778. The maximum Gasteiger partial charge on any atom is 0.209 e. The Labute approximate surface area is 86.8 Å². The molecule has 0 saturated heterocycles. The second-order valence-electron chi connectivity index (χ2n) is 4.32. The molecule has 0 unspecified atom stereocenters. The van der Waals surface area contributed by atoms with Gasteiger partial charge in [0.05, 0.1) is 6.26 Å². The van der Waals surface area contributed by atoms with Crippen LogP contribution in [0.3, 0.4) is 0 Å². The zero-order valence-electron chi connectivity index (χ0n) is 9.35. The van der Waals surface area contributed by atoms with Gasteiger partial charge in [0, 0.05) is 18.6 Å². The summed E-state index contributed by atoms with van der Waals surface area (Å²) in [6.07, 6.45) is 1.16. The second kappa shape index (κ2) is 4.91. The van der Waals surface area contributed by atoms with Gasteiger partial charge in [0.2, 0.25) is 10.0 Å². The summed E-state index contributed by atoms with van der Waals surface area (Å²) in [7, 11) is -3.14. The zero-order valence-corrected chi connectivity index (χ0v) is 10.2. The molecule has 0 aromatic heterocycles. The molecule has 0 aliphatic heterocycles. The predicted molar refractivity (Wildman–Crippen MR) is 59.7 cm³/mol. The Morgan fingerprint density at radius 2 is 1.93 bits per heavy atom. The fourth-order valence-corrected chi connectivity index (χ4v) is 2.20. The number of hydrogen-bond donors (Lipinski definition) is 2. The third kappa shape index (κ3) is 8.22. The van der Waals surface area contributed by atoms with Crippen LogP contribution in [0.1, 0.15) is 20.8 Å². The van der Waals surface area contributed by atoms with Crippen molar-refractivity contribution in [1.82, 2.24) is 10.0 Å². The van der Waals surface area contributed by atoms with Crippen LogP contribution in [-0.2, 0) is 10.0 Å². The summed E-state index contributed by atoms with van der Waals surface area (Å²) in [6, 6.07) is 0. The lowest BCUT2D eigenvalue weighted by Crippen LogP contribution is -2.50. The van der Waals surface area contributed by atoms with Crippen LogP contribution in [0.4, 0.5) is 0 Å². The Bertz CT molecular complexity index is 294. The highest BCUT2D eigenvalue weighted by atomic mass is 32.2. The molecule has 5 heteroatoms. The van der Waals surface area contributed by atoms with E-state index in [-0.39, 0.29) is 0 Å². The third-order valence-electron chi connectivity index (χ3n) is 1.46. The zero-order chi connectivity index (χ0) is 11.4. The summed E-state index contributed by atoms with van der Waals surface area (Å²) in [5.41, 5.74) is 0.559. The van der Waals surface area contributed by atoms with Gasteiger partial charge in [-0.1, -0.05) is 12.2 Å². The lowest BCUT2D eigenvalue weighted by molar-refractivity contribution is 0.429. The first-order valence-electron chi connectivity index (χ1n) is 4.46. The largest absolute Gasteiger partial charge is 0.311 e. The van der Waals surface area contributed by atoms with Gasteiger partial charge in [-0.3, -0.25) is 0 Å². The lowest BCUT2D eigenvalue weighted by Gasteiger charge is -2.25. The van der Waals surface area contributed by atoms with Crippen molar-refractivity contribution in [2.75, 3.05) is 19.3 Å². The maximum atomic E-state index is 11.0. The molecule has 0 bridgehead atoms. The van der Waals surface area contributed by atoms with Crippen molar-refractivity contribution in [2.24, 2.45) is 0 Å². The van der Waals surface area contributed by atoms with Crippen molar-refractivity contribution >= 4 is 10.0 Å². The van der Waals surface area contributed by atoms with Gasteiger partial charge in [-0.2, -0.15) is 0 Å². The van der Waals surface area contributed by atoms with Crippen LogP contribution in [0.15, 0.2) is 12.2 Å². The fourth-order valence-electron chi connectivity index (χ4n) is 1.13. The number of sulfonamides is 1. The summed E-state index contributed by atoms with van der Waals surface area (Å²) in [5.74, 6) is 0. The van der Waals surface area contributed by atoms with Gasteiger partial charge in [0.15, 0.2) is 0 Å². The highest BCUT2D eigenvalue weighted by molar-refractivity contribution is 7.88. The molecular formula is C9H20N2O2S. The van der Waals surface area contributed by atoms with E-state index in [0.717, 1.165) is 11.8 Å². The Morgan fingerprint density at radius 3 is 2.29 bits per heavy atom. The normalized spacial score (nSPS) is 12.9. The first-order chi connectivity index (χ1) is 6.12. The van der Waals surface area contributed by atoms with Crippen molar-refractivity contribution in [3.05, 3.63) is 12.2 Å². The highest BCUT2D eigenvalue weighted by Crippen LogP contribution is 2.01. The van der Waals surface area contributed by atoms with Crippen molar-refractivity contribution in [3.63, 3.8) is 0 Å². The standard InChI is InChI=1S/C9H20N2O2S/c1-8(2)6-10-7-9(3,4)11-14(5,12)13/h10-11H,1,6-7H2,2-5H3. The van der Waals surface area contributed by atoms with E-state index in [0.29, 0.717) is 13.1 Å². The van der Waals surface area contributed by atoms with Crippen molar-refractivity contribution < 1.29 is 8.42 Å². The van der Waals surface area contributed by atoms with E-state index in [1.54, 1.807) is 0 Å². The van der Waals surface area contributed by atoms with Gasteiger partial charge >= 0.3 is 0 Å². The summed E-state index contributed by atoms with van der Waals surface area (Å²) in [6.45, 7) is 10.6. The van der Waals surface area contributed by atoms with Gasteiger partial charge in [0.25, 0.3) is 0 Å². The van der Waals surface area contributed by atoms with Crippen LogP contribution in [0.2, 0.25) is 0 Å². The average molecular weight is 220 g/mol. The van der Waals surface area contributed by atoms with Crippen LogP contribution in [0.25, 0.3) is 0 Å². The minimum Gasteiger partial charge on any atom is -0.311 e. The molecule has 0 aliphatic rings. The number of rotatable bonds is 6. The molecule has 0 aliphatic carbocycles. The maximum absolute atomic E-state index is 11.0. The minimum atomic E-state index is -3.14. The first kappa shape index (κ1) is 13.6. The molecule has 0 heterocycles. The predicted octanol–water partition coefficient (Wildman–Crippen LogP) is 0.480. The van der Waals surface area contributed by atoms with E-state index in [1.165, 1.54) is 0 Å². The first-order valence-corrected chi connectivity index (χ1v) is 6.35. The Morgan fingerprint density at radius 1 is 1.43 bits per heavy atom. The van der Waals surface area contributed by atoms with E-state index in [1.807, 2.05) is 20.8 Å². The van der Waals surface area contributed by atoms with Crippen molar-refractivity contribution in [1.29, 1.82) is 0 Å². The Hall–Kier alpha value is -0.390. The van der Waals surface area contributed by atoms with Crippen molar-refractivity contribution in [2.45, 2.75) is 26.3 Å². The molecular weight excluding hydrogens is 200 g/mol. The number of hydrogen-bond acceptors (Lipinski definition) is 3. The molecule has 0 amide bonds. The van der Waals surface area contributed by atoms with Crippen LogP contribution in [0, 0.1) is 0 Å². The lowest BCUT2D eigenvalue weighted by atomic mass is 10.1. The SMILES string of the molecule is C=C(C)CNCC(C)(C)NS(C)(=O)=O. The molecule has 14 heavy (non-hydrogen) atoms. The Balaban J connectivity index is 4.02. The topological polar surface area (TPSA) is 58.2 Å². The molecule has 0 rings (SSSR count). The molecule has 0 fully saturated rings. The van der Waals surface area contributed by atoms with Crippen LogP contribution in [-0.4, -0.2) is 33.3 Å². The minimum absolute atomic E-state index is 0.469. The van der Waals surface area contributed by atoms with Gasteiger partial charge in [-0.15, -0.1) is 0 Å². The molecule has 0 saturated carbocycles. The molecule has 0 atom stereocenters. The average Bonchev–Trinajstić information content (AvgIpc) is 1.78. The molecule has 2 N–H and O–H groups in total. The molecule has 0 aromatic carbocycles. The van der Waals surface area contributed by atoms with Gasteiger partial charge < -0.3 is 5.32 Å². The van der Waals surface area contributed by atoms with E-state index < -0.39 is 15.6 Å². The second-order valence-corrected chi connectivity index (χ2v) is 6.07. The summed E-state index contributed by atoms with van der Waals surface area (Å²) in [5, 5.41) is 3.12. The number of nitrogens with one attached hydrogen (secondary N) is 2. The van der Waals surface area contributed by atoms with E-state index in [9.17, 15) is 8.42 Å². The highest BCUT2D eigenvalue weighted by Gasteiger charge is 2.21. The van der Waals surface area contributed by atoms with E-state index in [4.69, 9.17) is 0 Å². The molecule has 84 valence electrons. The molecule has 4 nitrogen and oxygen atoms in total. The quantitative estimate of drug-likeness (QED) is 0.640. The van der Waals surface area contributed by atoms with Crippen LogP contribution < -0.4 is 10.0 Å². The van der Waals surface area contributed by atoms with Crippen LogP contribution in [0.5, 0.6) is 0 Å². The van der Waals surface area contributed by atoms with E-state index in [2.05, 4.69) is 16.6 Å². The Kier molecular flexibility index (Phi) is 4.77. The molecule has 0 radical (unpaired) electrons. The van der Waals surface area contributed by atoms with E-state index >= 15 is 0 Å². The molecule has 0 aromatic rings. The summed E-state index contributed by atoms with van der Waals surface area (Å²) in [4.78, 5) is 0. The van der Waals surface area contributed by atoms with Gasteiger partial charge in [-0.05, 0) is 20.8 Å². The van der Waals surface area contributed by atoms with Crippen molar-refractivity contribution in [3.8, 4) is 0 Å². The third-order valence-corrected chi connectivity index (χ3v) is 2.38. The monoisotopic (exact) mass is 220 g/mol. The van der Waals surface area contributed by atoms with Gasteiger partial charge in [0.1, 0.15) is 0 Å². The summed E-state index contributed by atoms with van der Waals surface area (Å²) < 4.78 is 24.5. The van der Waals surface area contributed by atoms with Crippen LogP contribution >= 0.6 is 0 Å². The summed E-state index contributed by atoms with van der Waals surface area (Å²) >= 11 is 0.